The highest BCUT2D eigenvalue weighted by molar-refractivity contribution is 5.46. The molecule has 0 radical (unpaired) electrons. The summed E-state index contributed by atoms with van der Waals surface area (Å²) in [5, 5.41) is 0. The van der Waals surface area contributed by atoms with Crippen molar-refractivity contribution in [3.63, 3.8) is 0 Å². The maximum atomic E-state index is 13.1. The lowest BCUT2D eigenvalue weighted by atomic mass is 10.3. The monoisotopic (exact) mass is 328 g/mol. The summed E-state index contributed by atoms with van der Waals surface area (Å²) >= 11 is 0. The van der Waals surface area contributed by atoms with E-state index < -0.39 is 0 Å². The molecule has 0 aliphatic carbocycles. The van der Waals surface area contributed by atoms with E-state index in [1.54, 1.807) is 10.6 Å². The van der Waals surface area contributed by atoms with Gasteiger partial charge in [-0.05, 0) is 42.8 Å². The lowest BCUT2D eigenvalue weighted by molar-refractivity contribution is 0.770. The summed E-state index contributed by atoms with van der Waals surface area (Å²) < 4.78 is 3.08. The average molecular weight is 328 g/mol. The second-order valence-corrected chi connectivity index (χ2v) is 5.70. The van der Waals surface area contributed by atoms with Crippen molar-refractivity contribution in [2.24, 2.45) is 4.99 Å². The highest BCUT2D eigenvalue weighted by atomic mass is 16.1. The molecule has 0 bridgehead atoms. The molecular weight excluding hydrogens is 312 g/mol. The molecule has 5 nitrogen and oxygen atoms in total. The van der Waals surface area contributed by atoms with Gasteiger partial charge in [0.05, 0.1) is 11.4 Å². The minimum Gasteiger partial charge on any atom is -0.252 e. The van der Waals surface area contributed by atoms with Gasteiger partial charge in [0, 0.05) is 6.20 Å². The first-order valence-electron chi connectivity index (χ1n) is 8.00. The summed E-state index contributed by atoms with van der Waals surface area (Å²) in [6.07, 6.45) is 1.73. The molecule has 122 valence electrons. The first-order chi connectivity index (χ1) is 12.2. The molecule has 25 heavy (non-hydrogen) atoms. The number of pyridine rings is 1. The van der Waals surface area contributed by atoms with Crippen LogP contribution >= 0.6 is 0 Å². The maximum Gasteiger partial charge on any atom is 0.341 e. The normalized spacial score (nSPS) is 11.8. The second-order valence-electron chi connectivity index (χ2n) is 5.70. The molecule has 0 saturated carbocycles. The smallest absolute Gasteiger partial charge is 0.252 e. The molecule has 0 N–H and O–H groups in total. The minimum atomic E-state index is -0.199. The molecule has 0 spiro atoms. The number of aromatic nitrogens is 3. The third kappa shape index (κ3) is 2.76. The van der Waals surface area contributed by atoms with Gasteiger partial charge < -0.3 is 0 Å². The number of hydrogen-bond donors (Lipinski definition) is 0. The largest absolute Gasteiger partial charge is 0.341 e. The zero-order valence-electron chi connectivity index (χ0n) is 13.7. The number of rotatable bonds is 2. The number of para-hydroxylation sites is 2. The Bertz CT molecular complexity index is 1160. The van der Waals surface area contributed by atoms with Crippen molar-refractivity contribution in [3.05, 3.63) is 101 Å². The molecule has 0 saturated heterocycles. The summed E-state index contributed by atoms with van der Waals surface area (Å²) in [4.78, 5) is 22.4. The Morgan fingerprint density at radius 1 is 0.880 bits per heavy atom. The number of benzene rings is 2. The number of aryl methyl sites for hydroxylation is 1. The molecule has 5 heteroatoms. The van der Waals surface area contributed by atoms with Crippen molar-refractivity contribution in [2.75, 3.05) is 0 Å². The average Bonchev–Trinajstić information content (AvgIpc) is 2.64. The van der Waals surface area contributed by atoms with E-state index in [2.05, 4.69) is 9.98 Å². The molecule has 0 amide bonds. The summed E-state index contributed by atoms with van der Waals surface area (Å²) in [6.45, 7) is 1.93. The lowest BCUT2D eigenvalue weighted by Gasteiger charge is -2.10. The van der Waals surface area contributed by atoms with Crippen molar-refractivity contribution in [1.29, 1.82) is 0 Å². The molecule has 2 heterocycles. The van der Waals surface area contributed by atoms with Crippen molar-refractivity contribution in [1.82, 2.24) is 14.0 Å². The van der Waals surface area contributed by atoms with Gasteiger partial charge in [-0.25, -0.2) is 14.4 Å². The van der Waals surface area contributed by atoms with Crippen LogP contribution in [0.25, 0.3) is 11.3 Å². The summed E-state index contributed by atoms with van der Waals surface area (Å²) in [7, 11) is 0. The van der Waals surface area contributed by atoms with Crippen molar-refractivity contribution >= 4 is 11.3 Å². The van der Waals surface area contributed by atoms with Crippen molar-refractivity contribution in [3.8, 4) is 5.69 Å². The molecule has 0 fully saturated rings. The van der Waals surface area contributed by atoms with E-state index in [1.807, 2.05) is 79.7 Å². The molecule has 2 aromatic carbocycles. The van der Waals surface area contributed by atoms with Crippen molar-refractivity contribution < 1.29 is 0 Å². The van der Waals surface area contributed by atoms with Crippen LogP contribution in [-0.4, -0.2) is 14.0 Å². The fourth-order valence-corrected chi connectivity index (χ4v) is 2.74. The summed E-state index contributed by atoms with van der Waals surface area (Å²) in [6, 6.07) is 22.7. The summed E-state index contributed by atoms with van der Waals surface area (Å²) in [5.74, 6) is 0. The van der Waals surface area contributed by atoms with Crippen LogP contribution in [0.5, 0.6) is 0 Å². The highest BCUT2D eigenvalue weighted by Gasteiger charge is 2.09. The zero-order chi connectivity index (χ0) is 17.2. The Balaban J connectivity index is 2.15. The van der Waals surface area contributed by atoms with E-state index in [-0.39, 0.29) is 5.69 Å². The Kier molecular flexibility index (Phi) is 3.74. The molecule has 2 aromatic heterocycles. The zero-order valence-corrected chi connectivity index (χ0v) is 13.7. The first-order valence-corrected chi connectivity index (χ1v) is 8.00. The van der Waals surface area contributed by atoms with Gasteiger partial charge in [0.25, 0.3) is 0 Å². The molecule has 4 aromatic rings. The van der Waals surface area contributed by atoms with E-state index >= 15 is 0 Å². The molecule has 0 unspecified atom stereocenters. The van der Waals surface area contributed by atoms with E-state index in [1.165, 1.54) is 4.57 Å². The van der Waals surface area contributed by atoms with Crippen molar-refractivity contribution in [2.45, 2.75) is 6.92 Å². The second kappa shape index (κ2) is 6.20. The predicted octanol–water partition coefficient (Wildman–Crippen LogP) is 3.03. The van der Waals surface area contributed by atoms with Gasteiger partial charge in [0.15, 0.2) is 0 Å². The van der Waals surface area contributed by atoms with E-state index in [0.29, 0.717) is 11.3 Å². The standard InChI is InChI=1S/C20H16N4O/c1-15-9-8-14-23-18(15)22-19(21-16-10-4-2-5-11-16)24(20(23)25)17-12-6-3-7-13-17/h2-14H,1H3. The van der Waals surface area contributed by atoms with Crippen LogP contribution in [0.15, 0.2) is 88.8 Å². The number of fused-ring (bicyclic) bond motifs is 1. The molecule has 0 aliphatic rings. The summed E-state index contributed by atoms with van der Waals surface area (Å²) in [5.41, 5.74) is 3.16. The topological polar surface area (TPSA) is 51.7 Å². The fraction of sp³-hybridized carbons (Fsp3) is 0.0500. The van der Waals surface area contributed by atoms with E-state index in [9.17, 15) is 4.79 Å². The minimum absolute atomic E-state index is 0.199. The maximum absolute atomic E-state index is 13.1. The van der Waals surface area contributed by atoms with Gasteiger partial charge in [-0.15, -0.1) is 0 Å². The van der Waals surface area contributed by atoms with Crippen LogP contribution in [0.1, 0.15) is 5.56 Å². The van der Waals surface area contributed by atoms with Crippen LogP contribution in [-0.2, 0) is 0 Å². The Hall–Kier alpha value is -3.47. The molecule has 0 atom stereocenters. The van der Waals surface area contributed by atoms with E-state index in [4.69, 9.17) is 0 Å². The van der Waals surface area contributed by atoms with Crippen LogP contribution in [0.2, 0.25) is 0 Å². The predicted molar refractivity (Wildman–Crippen MR) is 97.2 cm³/mol. The Labute approximate surface area is 144 Å². The van der Waals surface area contributed by atoms with Gasteiger partial charge >= 0.3 is 5.69 Å². The molecular formula is C20H16N4O. The SMILES string of the molecule is Cc1cccn2c(=O)n(-c3ccccc3)c(=Nc3ccccc3)nc12. The van der Waals surface area contributed by atoms with Crippen LogP contribution in [0, 0.1) is 6.92 Å². The molecule has 4 rings (SSSR count). The first kappa shape index (κ1) is 15.1. The van der Waals surface area contributed by atoms with E-state index in [0.717, 1.165) is 16.9 Å². The van der Waals surface area contributed by atoms with Crippen LogP contribution in [0.4, 0.5) is 5.69 Å². The highest BCUT2D eigenvalue weighted by Crippen LogP contribution is 2.09. The van der Waals surface area contributed by atoms with Gasteiger partial charge in [-0.2, -0.15) is 4.98 Å². The lowest BCUT2D eigenvalue weighted by Crippen LogP contribution is -2.39. The Morgan fingerprint density at radius 3 is 2.28 bits per heavy atom. The quantitative estimate of drug-likeness (QED) is 0.568. The third-order valence-electron chi connectivity index (χ3n) is 3.97. The fourth-order valence-electron chi connectivity index (χ4n) is 2.74. The van der Waals surface area contributed by atoms with Gasteiger partial charge in [0.1, 0.15) is 5.65 Å². The van der Waals surface area contributed by atoms with Gasteiger partial charge in [0.2, 0.25) is 5.62 Å². The van der Waals surface area contributed by atoms with Crippen LogP contribution < -0.4 is 11.3 Å². The van der Waals surface area contributed by atoms with Gasteiger partial charge in [-0.1, -0.05) is 42.5 Å². The molecule has 0 aliphatic heterocycles. The number of nitrogens with zero attached hydrogens (tertiary/aromatic N) is 4. The van der Waals surface area contributed by atoms with Crippen LogP contribution in [0.3, 0.4) is 0 Å². The third-order valence-corrected chi connectivity index (χ3v) is 3.97. The number of hydrogen-bond acceptors (Lipinski definition) is 3. The Morgan fingerprint density at radius 2 is 1.56 bits per heavy atom. The van der Waals surface area contributed by atoms with Gasteiger partial charge in [-0.3, -0.25) is 4.40 Å².